The molecule has 5 rings (SSSR count). The Kier molecular flexibility index (Phi) is 4.23. The Bertz CT molecular complexity index is 964. The molecule has 2 heterocycles. The number of nitrogens with zero attached hydrogens (tertiary/aromatic N) is 1. The number of fused-ring (bicyclic) bond motifs is 3. The monoisotopic (exact) mass is 358 g/mol. The van der Waals surface area contributed by atoms with E-state index >= 15 is 0 Å². The van der Waals surface area contributed by atoms with Crippen molar-refractivity contribution in [3.8, 4) is 0 Å². The lowest BCUT2D eigenvalue weighted by molar-refractivity contribution is 0.0735. The molecular formula is C24H26N2O. The highest BCUT2D eigenvalue weighted by molar-refractivity contribution is 5.95. The lowest BCUT2D eigenvalue weighted by Crippen LogP contribution is -2.35. The van der Waals surface area contributed by atoms with E-state index in [0.29, 0.717) is 12.5 Å². The van der Waals surface area contributed by atoms with Crippen molar-refractivity contribution in [1.82, 2.24) is 9.88 Å². The van der Waals surface area contributed by atoms with Crippen molar-refractivity contribution < 1.29 is 4.79 Å². The molecule has 0 radical (unpaired) electrons. The standard InChI is InChI=1S/C24H26N2O/c27-24(19-12-10-18(11-13-19)17-6-2-1-3-7-17)26-15-14-23-21(16-26)20-8-4-5-9-22(20)25-23/h4-5,8-13,17,25H,1-3,6-7,14-16H2. The molecule has 0 atom stereocenters. The highest BCUT2D eigenvalue weighted by Gasteiger charge is 2.25. The maximum atomic E-state index is 13.1. The fraction of sp³-hybridized carbons (Fsp3) is 0.375. The van der Waals surface area contributed by atoms with Crippen molar-refractivity contribution in [1.29, 1.82) is 0 Å². The number of hydrogen-bond acceptors (Lipinski definition) is 1. The lowest BCUT2D eigenvalue weighted by Gasteiger charge is -2.28. The van der Waals surface area contributed by atoms with Gasteiger partial charge in [0.1, 0.15) is 0 Å². The summed E-state index contributed by atoms with van der Waals surface area (Å²) in [6.07, 6.45) is 7.54. The summed E-state index contributed by atoms with van der Waals surface area (Å²) < 4.78 is 0. The van der Waals surface area contributed by atoms with E-state index in [0.717, 1.165) is 18.5 Å². The number of nitrogens with one attached hydrogen (secondary N) is 1. The van der Waals surface area contributed by atoms with E-state index in [2.05, 4.69) is 41.4 Å². The smallest absolute Gasteiger partial charge is 0.254 e. The van der Waals surface area contributed by atoms with Crippen molar-refractivity contribution in [2.24, 2.45) is 0 Å². The third kappa shape index (κ3) is 3.05. The Morgan fingerprint density at radius 3 is 2.56 bits per heavy atom. The molecule has 1 aliphatic carbocycles. The number of aromatic nitrogens is 1. The molecule has 138 valence electrons. The summed E-state index contributed by atoms with van der Waals surface area (Å²) in [5.41, 5.74) is 5.97. The molecule has 27 heavy (non-hydrogen) atoms. The summed E-state index contributed by atoms with van der Waals surface area (Å²) in [6.45, 7) is 1.48. The normalized spacial score (nSPS) is 17.9. The number of aromatic amines is 1. The van der Waals surface area contributed by atoms with Crippen molar-refractivity contribution in [2.75, 3.05) is 6.54 Å². The predicted octanol–water partition coefficient (Wildman–Crippen LogP) is 5.41. The highest BCUT2D eigenvalue weighted by Crippen LogP contribution is 2.33. The molecule has 1 aliphatic heterocycles. The number of rotatable bonds is 2. The second-order valence-corrected chi connectivity index (χ2v) is 8.06. The minimum atomic E-state index is 0.154. The van der Waals surface area contributed by atoms with E-state index in [4.69, 9.17) is 0 Å². The second kappa shape index (κ2) is 6.88. The van der Waals surface area contributed by atoms with Gasteiger partial charge in [0, 0.05) is 47.2 Å². The van der Waals surface area contributed by atoms with Crippen molar-refractivity contribution in [3.05, 3.63) is 70.9 Å². The number of carbonyl (C=O) groups excluding carboxylic acids is 1. The van der Waals surface area contributed by atoms with Gasteiger partial charge in [-0.3, -0.25) is 4.79 Å². The average Bonchev–Trinajstić information content (AvgIpc) is 3.12. The summed E-state index contributed by atoms with van der Waals surface area (Å²) in [4.78, 5) is 18.6. The Hall–Kier alpha value is -2.55. The molecule has 0 bridgehead atoms. The maximum absolute atomic E-state index is 13.1. The highest BCUT2D eigenvalue weighted by atomic mass is 16.2. The molecule has 1 saturated carbocycles. The number of benzene rings is 2. The van der Waals surface area contributed by atoms with Crippen LogP contribution in [0.3, 0.4) is 0 Å². The zero-order chi connectivity index (χ0) is 18.2. The molecule has 0 unspecified atom stereocenters. The number of hydrogen-bond donors (Lipinski definition) is 1. The maximum Gasteiger partial charge on any atom is 0.254 e. The summed E-state index contributed by atoms with van der Waals surface area (Å²) in [5.74, 6) is 0.841. The number of para-hydroxylation sites is 1. The van der Waals surface area contributed by atoms with Crippen LogP contribution in [-0.4, -0.2) is 22.3 Å². The fourth-order valence-electron chi connectivity index (χ4n) is 4.86. The molecule has 2 aliphatic rings. The minimum absolute atomic E-state index is 0.154. The molecule has 0 saturated heterocycles. The largest absolute Gasteiger partial charge is 0.358 e. The molecule has 1 N–H and O–H groups in total. The Morgan fingerprint density at radius 1 is 0.963 bits per heavy atom. The molecule has 1 fully saturated rings. The van der Waals surface area contributed by atoms with Crippen LogP contribution in [0.25, 0.3) is 10.9 Å². The van der Waals surface area contributed by atoms with Gasteiger partial charge in [-0.25, -0.2) is 0 Å². The van der Waals surface area contributed by atoms with Gasteiger partial charge in [-0.05, 0) is 42.5 Å². The van der Waals surface area contributed by atoms with E-state index in [1.807, 2.05) is 17.0 Å². The number of H-pyrrole nitrogens is 1. The van der Waals surface area contributed by atoms with Gasteiger partial charge < -0.3 is 9.88 Å². The van der Waals surface area contributed by atoms with Crippen LogP contribution >= 0.6 is 0 Å². The zero-order valence-electron chi connectivity index (χ0n) is 15.7. The van der Waals surface area contributed by atoms with Crippen LogP contribution in [0.4, 0.5) is 0 Å². The van der Waals surface area contributed by atoms with E-state index in [1.165, 1.54) is 59.8 Å². The first-order chi connectivity index (χ1) is 13.3. The van der Waals surface area contributed by atoms with Gasteiger partial charge in [-0.1, -0.05) is 49.6 Å². The first kappa shape index (κ1) is 16.6. The van der Waals surface area contributed by atoms with Gasteiger partial charge in [-0.2, -0.15) is 0 Å². The minimum Gasteiger partial charge on any atom is -0.358 e. The van der Waals surface area contributed by atoms with Crippen LogP contribution in [0.2, 0.25) is 0 Å². The zero-order valence-corrected chi connectivity index (χ0v) is 15.7. The van der Waals surface area contributed by atoms with Crippen LogP contribution in [0.1, 0.15) is 65.2 Å². The molecule has 2 aromatic carbocycles. The van der Waals surface area contributed by atoms with Crippen molar-refractivity contribution >= 4 is 16.8 Å². The van der Waals surface area contributed by atoms with Gasteiger partial charge in [0.15, 0.2) is 0 Å². The van der Waals surface area contributed by atoms with Crippen LogP contribution in [0.15, 0.2) is 48.5 Å². The predicted molar refractivity (Wildman–Crippen MR) is 109 cm³/mol. The lowest BCUT2D eigenvalue weighted by atomic mass is 9.84. The fourth-order valence-corrected chi connectivity index (χ4v) is 4.86. The molecule has 3 aromatic rings. The van der Waals surface area contributed by atoms with E-state index in [-0.39, 0.29) is 5.91 Å². The molecule has 1 amide bonds. The Morgan fingerprint density at radius 2 is 1.74 bits per heavy atom. The van der Waals surface area contributed by atoms with Crippen molar-refractivity contribution in [2.45, 2.75) is 51.0 Å². The summed E-state index contributed by atoms with van der Waals surface area (Å²) in [5, 5.41) is 1.25. The van der Waals surface area contributed by atoms with Gasteiger partial charge >= 0.3 is 0 Å². The van der Waals surface area contributed by atoms with Crippen LogP contribution < -0.4 is 0 Å². The van der Waals surface area contributed by atoms with Gasteiger partial charge in [0.05, 0.1) is 0 Å². The number of amides is 1. The van der Waals surface area contributed by atoms with Crippen molar-refractivity contribution in [3.63, 3.8) is 0 Å². The van der Waals surface area contributed by atoms with E-state index in [9.17, 15) is 4.79 Å². The second-order valence-electron chi connectivity index (χ2n) is 8.06. The van der Waals surface area contributed by atoms with Crippen LogP contribution in [0, 0.1) is 0 Å². The summed E-state index contributed by atoms with van der Waals surface area (Å²) in [7, 11) is 0. The molecular weight excluding hydrogens is 332 g/mol. The van der Waals surface area contributed by atoms with Crippen LogP contribution in [-0.2, 0) is 13.0 Å². The van der Waals surface area contributed by atoms with Gasteiger partial charge in [0.25, 0.3) is 5.91 Å². The summed E-state index contributed by atoms with van der Waals surface area (Å²) in [6, 6.07) is 16.8. The average molecular weight is 358 g/mol. The third-order valence-electron chi connectivity index (χ3n) is 6.40. The number of carbonyl (C=O) groups is 1. The van der Waals surface area contributed by atoms with E-state index < -0.39 is 0 Å². The first-order valence-electron chi connectivity index (χ1n) is 10.3. The third-order valence-corrected chi connectivity index (χ3v) is 6.40. The van der Waals surface area contributed by atoms with Crippen LogP contribution in [0.5, 0.6) is 0 Å². The SMILES string of the molecule is O=C(c1ccc(C2CCCCC2)cc1)N1CCc2[nH]c3ccccc3c2C1. The molecule has 1 aromatic heterocycles. The summed E-state index contributed by atoms with van der Waals surface area (Å²) >= 11 is 0. The first-order valence-corrected chi connectivity index (χ1v) is 10.3. The van der Waals surface area contributed by atoms with Gasteiger partial charge in [-0.15, -0.1) is 0 Å². The topological polar surface area (TPSA) is 36.1 Å². The molecule has 3 heteroatoms. The molecule has 3 nitrogen and oxygen atoms in total. The molecule has 0 spiro atoms. The Labute approximate surface area is 160 Å². The quantitative estimate of drug-likeness (QED) is 0.653. The van der Waals surface area contributed by atoms with Gasteiger partial charge in [0.2, 0.25) is 0 Å². The Balaban J connectivity index is 1.35. The van der Waals surface area contributed by atoms with E-state index in [1.54, 1.807) is 0 Å².